The van der Waals surface area contributed by atoms with Crippen molar-refractivity contribution in [1.29, 1.82) is 0 Å². The van der Waals surface area contributed by atoms with E-state index < -0.39 is 0 Å². The van der Waals surface area contributed by atoms with E-state index >= 15 is 0 Å². The lowest BCUT2D eigenvalue weighted by atomic mass is 10.2. The minimum absolute atomic E-state index is 0.163. The van der Waals surface area contributed by atoms with Gasteiger partial charge in [-0.25, -0.2) is 4.68 Å². The van der Waals surface area contributed by atoms with Gasteiger partial charge in [0.1, 0.15) is 12.9 Å². The second-order valence-electron chi connectivity index (χ2n) is 6.39. The van der Waals surface area contributed by atoms with Crippen LogP contribution >= 0.6 is 11.8 Å². The van der Waals surface area contributed by atoms with Gasteiger partial charge in [0.2, 0.25) is 0 Å². The smallest absolute Gasteiger partial charge is 0.316 e. The number of aromatic nitrogens is 5. The molecular formula is C21H19N5O2S. The molecule has 2 aromatic heterocycles. The van der Waals surface area contributed by atoms with E-state index in [0.717, 1.165) is 16.9 Å². The molecule has 0 saturated heterocycles. The molecule has 2 heterocycles. The second kappa shape index (κ2) is 8.74. The molecule has 0 unspecified atom stereocenters. The molecule has 0 radical (unpaired) electrons. The molecule has 4 rings (SSSR count). The van der Waals surface area contributed by atoms with Crippen molar-refractivity contribution < 1.29 is 9.53 Å². The monoisotopic (exact) mass is 405 g/mol. The van der Waals surface area contributed by atoms with Crippen molar-refractivity contribution in [1.82, 2.24) is 24.5 Å². The highest BCUT2D eigenvalue weighted by Gasteiger charge is 2.11. The summed E-state index contributed by atoms with van der Waals surface area (Å²) in [6.07, 6.45) is 5.24. The van der Waals surface area contributed by atoms with E-state index in [1.807, 2.05) is 72.3 Å². The first-order valence-electron chi connectivity index (χ1n) is 9.03. The fourth-order valence-corrected chi connectivity index (χ4v) is 3.43. The third kappa shape index (κ3) is 4.72. The standard InChI is InChI=1S/C21H19N5O2S/c1-16-3-7-18(8-4-16)25-15-22-24-21(25)29-14-20(27)28-13-17-5-9-19(10-6-17)26-12-2-11-23-26/h2-12,15H,13-14H2,1H3. The summed E-state index contributed by atoms with van der Waals surface area (Å²) in [4.78, 5) is 12.1. The van der Waals surface area contributed by atoms with Gasteiger partial charge in [-0.3, -0.25) is 9.36 Å². The minimum Gasteiger partial charge on any atom is -0.460 e. The van der Waals surface area contributed by atoms with E-state index in [1.54, 1.807) is 17.2 Å². The van der Waals surface area contributed by atoms with Crippen molar-refractivity contribution in [2.75, 3.05) is 5.75 Å². The Bertz CT molecular complexity index is 1070. The van der Waals surface area contributed by atoms with Crippen molar-refractivity contribution in [3.05, 3.63) is 84.4 Å². The van der Waals surface area contributed by atoms with Crippen LogP contribution in [-0.4, -0.2) is 36.3 Å². The lowest BCUT2D eigenvalue weighted by Gasteiger charge is -2.08. The van der Waals surface area contributed by atoms with Crippen LogP contribution in [0.15, 0.2) is 78.5 Å². The van der Waals surface area contributed by atoms with Gasteiger partial charge in [-0.2, -0.15) is 5.10 Å². The van der Waals surface area contributed by atoms with Gasteiger partial charge in [0.15, 0.2) is 5.16 Å². The number of carbonyl (C=O) groups excluding carboxylic acids is 1. The van der Waals surface area contributed by atoms with Gasteiger partial charge in [0.05, 0.1) is 11.4 Å². The number of carbonyl (C=O) groups is 1. The van der Waals surface area contributed by atoms with Gasteiger partial charge in [0.25, 0.3) is 0 Å². The molecule has 8 heteroatoms. The zero-order chi connectivity index (χ0) is 20.1. The van der Waals surface area contributed by atoms with Crippen molar-refractivity contribution in [3.63, 3.8) is 0 Å². The summed E-state index contributed by atoms with van der Waals surface area (Å²) in [6.45, 7) is 2.26. The number of hydrogen-bond acceptors (Lipinski definition) is 6. The summed E-state index contributed by atoms with van der Waals surface area (Å²) in [5.74, 6) is -0.139. The fraction of sp³-hybridized carbons (Fsp3) is 0.143. The third-order valence-electron chi connectivity index (χ3n) is 4.25. The zero-order valence-corrected chi connectivity index (χ0v) is 16.6. The summed E-state index contributed by atoms with van der Waals surface area (Å²) in [5.41, 5.74) is 4.00. The minimum atomic E-state index is -0.301. The van der Waals surface area contributed by atoms with Gasteiger partial charge >= 0.3 is 5.97 Å². The first-order chi connectivity index (χ1) is 14.2. The lowest BCUT2D eigenvalue weighted by Crippen LogP contribution is -2.08. The summed E-state index contributed by atoms with van der Waals surface area (Å²) >= 11 is 1.30. The normalized spacial score (nSPS) is 10.8. The number of nitrogens with zero attached hydrogens (tertiary/aromatic N) is 5. The first kappa shape index (κ1) is 18.9. The van der Waals surface area contributed by atoms with Crippen molar-refractivity contribution in [2.45, 2.75) is 18.7 Å². The average molecular weight is 405 g/mol. The molecule has 146 valence electrons. The van der Waals surface area contributed by atoms with Crippen molar-refractivity contribution in [3.8, 4) is 11.4 Å². The Balaban J connectivity index is 1.30. The van der Waals surface area contributed by atoms with Crippen LogP contribution in [0.5, 0.6) is 0 Å². The van der Waals surface area contributed by atoms with Crippen molar-refractivity contribution >= 4 is 17.7 Å². The highest BCUT2D eigenvalue weighted by atomic mass is 32.2. The highest BCUT2D eigenvalue weighted by Crippen LogP contribution is 2.20. The van der Waals surface area contributed by atoms with Crippen LogP contribution in [0, 0.1) is 6.92 Å². The first-order valence-corrected chi connectivity index (χ1v) is 10.0. The molecule has 0 N–H and O–H groups in total. The molecule has 4 aromatic rings. The third-order valence-corrected chi connectivity index (χ3v) is 5.17. The maximum atomic E-state index is 12.1. The predicted molar refractivity (Wildman–Crippen MR) is 110 cm³/mol. The van der Waals surface area contributed by atoms with E-state index in [9.17, 15) is 4.79 Å². The van der Waals surface area contributed by atoms with Gasteiger partial charge in [-0.05, 0) is 42.8 Å². The summed E-state index contributed by atoms with van der Waals surface area (Å²) in [6, 6.07) is 17.6. The van der Waals surface area contributed by atoms with Crippen LogP contribution in [0.25, 0.3) is 11.4 Å². The average Bonchev–Trinajstić information content (AvgIpc) is 3.44. The lowest BCUT2D eigenvalue weighted by molar-refractivity contribution is -0.141. The number of aryl methyl sites for hydroxylation is 1. The van der Waals surface area contributed by atoms with E-state index in [2.05, 4.69) is 15.3 Å². The van der Waals surface area contributed by atoms with E-state index in [1.165, 1.54) is 17.3 Å². The fourth-order valence-electron chi connectivity index (χ4n) is 2.70. The molecule has 0 bridgehead atoms. The SMILES string of the molecule is Cc1ccc(-n2cnnc2SCC(=O)OCc2ccc(-n3cccn3)cc2)cc1. The number of rotatable bonds is 7. The molecule has 0 amide bonds. The Morgan fingerprint density at radius 1 is 1.07 bits per heavy atom. The second-order valence-corrected chi connectivity index (χ2v) is 7.33. The van der Waals surface area contributed by atoms with Crippen molar-refractivity contribution in [2.24, 2.45) is 0 Å². The number of esters is 1. The van der Waals surface area contributed by atoms with Crippen LogP contribution in [0.3, 0.4) is 0 Å². The van der Waals surface area contributed by atoms with Crippen LogP contribution in [0.4, 0.5) is 0 Å². The number of ether oxygens (including phenoxy) is 1. The van der Waals surface area contributed by atoms with Gasteiger partial charge in [-0.15, -0.1) is 10.2 Å². The topological polar surface area (TPSA) is 74.8 Å². The van der Waals surface area contributed by atoms with Crippen LogP contribution in [-0.2, 0) is 16.1 Å². The Hall–Kier alpha value is -3.39. The van der Waals surface area contributed by atoms with E-state index in [4.69, 9.17) is 4.74 Å². The summed E-state index contributed by atoms with van der Waals surface area (Å²) in [5, 5.41) is 12.9. The summed E-state index contributed by atoms with van der Waals surface area (Å²) in [7, 11) is 0. The maximum Gasteiger partial charge on any atom is 0.316 e. The highest BCUT2D eigenvalue weighted by molar-refractivity contribution is 7.99. The quantitative estimate of drug-likeness (QED) is 0.345. The Morgan fingerprint density at radius 3 is 2.55 bits per heavy atom. The zero-order valence-electron chi connectivity index (χ0n) is 15.8. The van der Waals surface area contributed by atoms with Gasteiger partial charge in [-0.1, -0.05) is 41.6 Å². The Labute approximate surface area is 172 Å². The summed E-state index contributed by atoms with van der Waals surface area (Å²) < 4.78 is 9.01. The Morgan fingerprint density at radius 2 is 1.83 bits per heavy atom. The molecule has 29 heavy (non-hydrogen) atoms. The molecule has 0 aliphatic rings. The largest absolute Gasteiger partial charge is 0.460 e. The molecule has 0 spiro atoms. The predicted octanol–water partition coefficient (Wildman–Crippen LogP) is 3.60. The molecule has 0 aliphatic heterocycles. The van der Waals surface area contributed by atoms with Gasteiger partial charge < -0.3 is 4.74 Å². The molecule has 0 saturated carbocycles. The van der Waals surface area contributed by atoms with Crippen LogP contribution < -0.4 is 0 Å². The number of hydrogen-bond donors (Lipinski definition) is 0. The molecule has 2 aromatic carbocycles. The molecular weight excluding hydrogens is 386 g/mol. The van der Waals surface area contributed by atoms with E-state index in [0.29, 0.717) is 5.16 Å². The van der Waals surface area contributed by atoms with E-state index in [-0.39, 0.29) is 18.3 Å². The van der Waals surface area contributed by atoms with Crippen LogP contribution in [0.2, 0.25) is 0 Å². The number of benzene rings is 2. The molecule has 0 atom stereocenters. The maximum absolute atomic E-state index is 12.1. The number of thioether (sulfide) groups is 1. The molecule has 0 aliphatic carbocycles. The Kier molecular flexibility index (Phi) is 5.71. The molecule has 7 nitrogen and oxygen atoms in total. The molecule has 0 fully saturated rings. The van der Waals surface area contributed by atoms with Crippen LogP contribution in [0.1, 0.15) is 11.1 Å². The van der Waals surface area contributed by atoms with Gasteiger partial charge in [0, 0.05) is 18.1 Å².